The average molecular weight is 412 g/mol. The van der Waals surface area contributed by atoms with Gasteiger partial charge in [-0.2, -0.15) is 0 Å². The van der Waals surface area contributed by atoms with Crippen LogP contribution in [0.2, 0.25) is 0 Å². The van der Waals surface area contributed by atoms with Gasteiger partial charge in [-0.1, -0.05) is 35.9 Å². The van der Waals surface area contributed by atoms with Crippen molar-refractivity contribution in [2.75, 3.05) is 13.7 Å². The number of thiophene rings is 1. The van der Waals surface area contributed by atoms with E-state index in [9.17, 15) is 14.9 Å². The van der Waals surface area contributed by atoms with E-state index >= 15 is 0 Å². The van der Waals surface area contributed by atoms with Gasteiger partial charge in [0, 0.05) is 4.88 Å². The van der Waals surface area contributed by atoms with Gasteiger partial charge in [0.25, 0.3) is 5.91 Å². The quantitative estimate of drug-likeness (QED) is 0.441. The first kappa shape index (κ1) is 20.3. The van der Waals surface area contributed by atoms with E-state index in [4.69, 9.17) is 9.47 Å². The number of carbonyl (C=O) groups is 1. The maximum absolute atomic E-state index is 12.5. The maximum atomic E-state index is 12.5. The number of aryl methyl sites for hydroxylation is 1. The summed E-state index contributed by atoms with van der Waals surface area (Å²) in [5.41, 5.74) is 1.81. The molecule has 0 fully saturated rings. The molecule has 150 valence electrons. The SMILES string of the molecule is COc1ccc(OCC(=O)NC(c2ccc(C)cc2)c2cccs2)c([N+](=O)[O-])c1. The highest BCUT2D eigenvalue weighted by Crippen LogP contribution is 2.31. The minimum Gasteiger partial charge on any atom is -0.496 e. The molecule has 1 unspecified atom stereocenters. The lowest BCUT2D eigenvalue weighted by molar-refractivity contribution is -0.385. The Bertz CT molecular complexity index is 987. The van der Waals surface area contributed by atoms with Crippen LogP contribution >= 0.6 is 11.3 Å². The summed E-state index contributed by atoms with van der Waals surface area (Å²) in [7, 11) is 1.42. The lowest BCUT2D eigenvalue weighted by Crippen LogP contribution is -2.33. The number of nitro benzene ring substituents is 1. The normalized spacial score (nSPS) is 11.5. The number of amides is 1. The molecule has 0 bridgehead atoms. The highest BCUT2D eigenvalue weighted by molar-refractivity contribution is 7.10. The van der Waals surface area contributed by atoms with Crippen LogP contribution in [0.4, 0.5) is 5.69 Å². The van der Waals surface area contributed by atoms with E-state index in [0.29, 0.717) is 5.75 Å². The third-order valence-electron chi connectivity index (χ3n) is 4.27. The van der Waals surface area contributed by atoms with Crippen LogP contribution < -0.4 is 14.8 Å². The van der Waals surface area contributed by atoms with Gasteiger partial charge in [-0.25, -0.2) is 0 Å². The highest BCUT2D eigenvalue weighted by atomic mass is 32.1. The molecule has 0 aliphatic rings. The molecular formula is C21H20N2O5S. The fraction of sp³-hybridized carbons (Fsp3) is 0.190. The number of nitrogens with one attached hydrogen (secondary N) is 1. The van der Waals surface area contributed by atoms with Crippen molar-refractivity contribution in [1.29, 1.82) is 0 Å². The number of nitrogens with zero attached hydrogens (tertiary/aromatic N) is 1. The summed E-state index contributed by atoms with van der Waals surface area (Å²) in [6.07, 6.45) is 0. The van der Waals surface area contributed by atoms with E-state index in [1.165, 1.54) is 30.6 Å². The molecule has 0 radical (unpaired) electrons. The molecular weight excluding hydrogens is 392 g/mol. The zero-order chi connectivity index (χ0) is 20.8. The van der Waals surface area contributed by atoms with Gasteiger partial charge in [-0.05, 0) is 36.1 Å². The van der Waals surface area contributed by atoms with Crippen LogP contribution in [-0.2, 0) is 4.79 Å². The van der Waals surface area contributed by atoms with Crippen LogP contribution in [0.15, 0.2) is 60.0 Å². The summed E-state index contributed by atoms with van der Waals surface area (Å²) < 4.78 is 10.4. The number of ether oxygens (including phenoxy) is 2. The Kier molecular flexibility index (Phi) is 6.46. The van der Waals surface area contributed by atoms with Crippen molar-refractivity contribution in [3.63, 3.8) is 0 Å². The number of benzene rings is 2. The fourth-order valence-electron chi connectivity index (χ4n) is 2.77. The molecule has 1 atom stereocenters. The minimum absolute atomic E-state index is 0.00830. The number of hydrogen-bond donors (Lipinski definition) is 1. The minimum atomic E-state index is -0.573. The van der Waals surface area contributed by atoms with Crippen molar-refractivity contribution in [2.24, 2.45) is 0 Å². The molecule has 1 heterocycles. The number of carbonyl (C=O) groups excluding carboxylic acids is 1. The Morgan fingerprint density at radius 3 is 2.59 bits per heavy atom. The Hall–Kier alpha value is -3.39. The van der Waals surface area contributed by atoms with E-state index in [2.05, 4.69) is 5.32 Å². The van der Waals surface area contributed by atoms with E-state index in [1.807, 2.05) is 48.7 Å². The van der Waals surface area contributed by atoms with Gasteiger partial charge in [-0.3, -0.25) is 14.9 Å². The first-order valence-electron chi connectivity index (χ1n) is 8.82. The van der Waals surface area contributed by atoms with E-state index in [1.54, 1.807) is 6.07 Å². The van der Waals surface area contributed by atoms with Crippen LogP contribution in [0.25, 0.3) is 0 Å². The van der Waals surface area contributed by atoms with Crippen molar-refractivity contribution >= 4 is 22.9 Å². The first-order chi connectivity index (χ1) is 14.0. The molecule has 8 heteroatoms. The van der Waals surface area contributed by atoms with Gasteiger partial charge in [0.15, 0.2) is 12.4 Å². The Morgan fingerprint density at radius 1 is 1.21 bits per heavy atom. The molecule has 1 aromatic heterocycles. The molecule has 1 N–H and O–H groups in total. The molecule has 0 saturated heterocycles. The van der Waals surface area contributed by atoms with Crippen molar-refractivity contribution in [1.82, 2.24) is 5.32 Å². The Morgan fingerprint density at radius 2 is 1.97 bits per heavy atom. The van der Waals surface area contributed by atoms with E-state index < -0.39 is 4.92 Å². The summed E-state index contributed by atoms with van der Waals surface area (Å²) in [6, 6.07) is 15.7. The molecule has 29 heavy (non-hydrogen) atoms. The smallest absolute Gasteiger partial charge is 0.314 e. The zero-order valence-corrected chi connectivity index (χ0v) is 16.8. The fourth-order valence-corrected chi connectivity index (χ4v) is 3.57. The molecule has 3 rings (SSSR count). The predicted octanol–water partition coefficient (Wildman–Crippen LogP) is 4.26. The third-order valence-corrected chi connectivity index (χ3v) is 5.20. The molecule has 0 saturated carbocycles. The third kappa shape index (κ3) is 5.11. The van der Waals surface area contributed by atoms with Gasteiger partial charge < -0.3 is 14.8 Å². The van der Waals surface area contributed by atoms with Gasteiger partial charge >= 0.3 is 5.69 Å². The summed E-state index contributed by atoms with van der Waals surface area (Å²) in [4.78, 5) is 24.2. The van der Waals surface area contributed by atoms with E-state index in [-0.39, 0.29) is 30.0 Å². The topological polar surface area (TPSA) is 90.7 Å². The predicted molar refractivity (Wildman–Crippen MR) is 111 cm³/mol. The van der Waals surface area contributed by atoms with Gasteiger partial charge in [-0.15, -0.1) is 11.3 Å². The molecule has 0 aliphatic heterocycles. The lowest BCUT2D eigenvalue weighted by Gasteiger charge is -2.18. The monoisotopic (exact) mass is 412 g/mol. The van der Waals surface area contributed by atoms with Crippen molar-refractivity contribution in [3.8, 4) is 11.5 Å². The second-order valence-electron chi connectivity index (χ2n) is 6.31. The number of nitro groups is 1. The molecule has 2 aromatic carbocycles. The Labute approximate surface area is 172 Å². The number of methoxy groups -OCH3 is 1. The molecule has 7 nitrogen and oxygen atoms in total. The van der Waals surface area contributed by atoms with Crippen LogP contribution in [0.5, 0.6) is 11.5 Å². The molecule has 1 amide bonds. The summed E-state index contributed by atoms with van der Waals surface area (Å²) >= 11 is 1.54. The lowest BCUT2D eigenvalue weighted by atomic mass is 10.0. The first-order valence-corrected chi connectivity index (χ1v) is 9.70. The highest BCUT2D eigenvalue weighted by Gasteiger charge is 2.21. The summed E-state index contributed by atoms with van der Waals surface area (Å²) in [5, 5.41) is 16.1. The summed E-state index contributed by atoms with van der Waals surface area (Å²) in [5.74, 6) is -0.0336. The second-order valence-corrected chi connectivity index (χ2v) is 7.29. The van der Waals surface area contributed by atoms with E-state index in [0.717, 1.165) is 16.0 Å². The van der Waals surface area contributed by atoms with Gasteiger partial charge in [0.1, 0.15) is 5.75 Å². The van der Waals surface area contributed by atoms with Crippen molar-refractivity contribution < 1.29 is 19.2 Å². The molecule has 0 aliphatic carbocycles. The second kappa shape index (κ2) is 9.20. The molecule has 0 spiro atoms. The number of rotatable bonds is 8. The van der Waals surface area contributed by atoms with Crippen LogP contribution in [-0.4, -0.2) is 24.5 Å². The van der Waals surface area contributed by atoms with Gasteiger partial charge in [0.2, 0.25) is 0 Å². The van der Waals surface area contributed by atoms with Crippen molar-refractivity contribution in [2.45, 2.75) is 13.0 Å². The summed E-state index contributed by atoms with van der Waals surface area (Å²) in [6.45, 7) is 1.65. The van der Waals surface area contributed by atoms with Crippen molar-refractivity contribution in [3.05, 3.63) is 86.1 Å². The Balaban J connectivity index is 1.73. The molecule has 3 aromatic rings. The average Bonchev–Trinajstić information content (AvgIpc) is 3.25. The maximum Gasteiger partial charge on any atom is 0.314 e. The zero-order valence-electron chi connectivity index (χ0n) is 16.0. The van der Waals surface area contributed by atoms with Crippen LogP contribution in [0.3, 0.4) is 0 Å². The standard InChI is InChI=1S/C21H20N2O5S/c1-14-5-7-15(8-6-14)21(19-4-3-11-29-19)22-20(24)13-28-18-10-9-16(27-2)12-17(18)23(25)26/h3-12,21H,13H2,1-2H3,(H,22,24). The van der Waals surface area contributed by atoms with Crippen LogP contribution in [0.1, 0.15) is 22.0 Å². The number of hydrogen-bond acceptors (Lipinski definition) is 6. The largest absolute Gasteiger partial charge is 0.496 e. The van der Waals surface area contributed by atoms with Gasteiger partial charge in [0.05, 0.1) is 24.1 Å². The van der Waals surface area contributed by atoms with Crippen LogP contribution in [0, 0.1) is 17.0 Å².